The molecule has 5 rings (SSSR count). The maximum absolute atomic E-state index is 12.2. The van der Waals surface area contributed by atoms with Crippen LogP contribution >= 0.6 is 34.8 Å². The molecule has 3 saturated heterocycles. The number of benzene rings is 2. The summed E-state index contributed by atoms with van der Waals surface area (Å²) in [7, 11) is 0. The van der Waals surface area contributed by atoms with Crippen molar-refractivity contribution in [2.75, 3.05) is 38.2 Å². The molecule has 1 spiro atoms. The first-order valence-electron chi connectivity index (χ1n) is 13.1. The topological polar surface area (TPSA) is 89.5 Å². The summed E-state index contributed by atoms with van der Waals surface area (Å²) in [6, 6.07) is 14.9. The van der Waals surface area contributed by atoms with Crippen LogP contribution in [0.3, 0.4) is 0 Å². The van der Waals surface area contributed by atoms with Gasteiger partial charge in [-0.05, 0) is 23.3 Å². The molecule has 2 aromatic rings. The Hall–Kier alpha value is -1.46. The number of amides is 1. The van der Waals surface area contributed by atoms with Crippen LogP contribution in [0.15, 0.2) is 48.5 Å². The first-order chi connectivity index (χ1) is 18.7. The number of nitrogens with one attached hydrogen (secondary N) is 1. The van der Waals surface area contributed by atoms with Gasteiger partial charge in [-0.25, -0.2) is 0 Å². The Morgan fingerprint density at radius 3 is 2.38 bits per heavy atom. The second kappa shape index (κ2) is 12.2. The molecule has 2 aromatic carbocycles. The van der Waals surface area contributed by atoms with Crippen molar-refractivity contribution in [1.29, 1.82) is 0 Å². The summed E-state index contributed by atoms with van der Waals surface area (Å²) in [5, 5.41) is 12.1. The average molecular weight is 600 g/mol. The minimum absolute atomic E-state index is 0.0215. The third-order valence-corrected chi connectivity index (χ3v) is 8.18. The third-order valence-electron chi connectivity index (χ3n) is 7.67. The number of aliphatic hydroxyl groups is 1. The van der Waals surface area contributed by atoms with Crippen LogP contribution in [-0.4, -0.2) is 64.4 Å². The van der Waals surface area contributed by atoms with Crippen LogP contribution in [0.5, 0.6) is 0 Å². The van der Waals surface area contributed by atoms with Crippen molar-refractivity contribution in [2.24, 2.45) is 5.92 Å². The lowest BCUT2D eigenvalue weighted by Gasteiger charge is -2.44. The number of nitrogens with zero attached hydrogens (tertiary/aromatic N) is 1. The highest BCUT2D eigenvalue weighted by molar-refractivity contribution is 6.76. The molecule has 3 aliphatic heterocycles. The molecule has 11 heteroatoms. The van der Waals surface area contributed by atoms with E-state index in [1.165, 1.54) is 0 Å². The highest BCUT2D eigenvalue weighted by Gasteiger charge is 2.43. The molecule has 3 heterocycles. The normalized spacial score (nSPS) is 27.5. The van der Waals surface area contributed by atoms with Crippen molar-refractivity contribution < 1.29 is 28.8 Å². The zero-order valence-electron chi connectivity index (χ0n) is 21.7. The largest absolute Gasteiger partial charge is 0.392 e. The number of alkyl halides is 3. The van der Waals surface area contributed by atoms with Crippen molar-refractivity contribution >= 4 is 46.4 Å². The number of aliphatic hydroxyl groups excluding tert-OH is 1. The fraction of sp³-hybridized carbons (Fsp3) is 0.536. The van der Waals surface area contributed by atoms with Crippen molar-refractivity contribution in [3.8, 4) is 0 Å². The SMILES string of the molecule is CC1C(CN2CCC3(CC2)OCCO3)OC(c2cccc(NC(=O)C(Cl)(Cl)Cl)c2)OC1c1ccc(CO)cc1. The Morgan fingerprint density at radius 2 is 1.74 bits per heavy atom. The number of hydrogen-bond acceptors (Lipinski definition) is 7. The van der Waals surface area contributed by atoms with Crippen LogP contribution in [-0.2, 0) is 30.3 Å². The van der Waals surface area contributed by atoms with E-state index in [9.17, 15) is 9.90 Å². The van der Waals surface area contributed by atoms with Gasteiger partial charge in [0.15, 0.2) is 12.1 Å². The van der Waals surface area contributed by atoms with Crippen LogP contribution in [0, 0.1) is 5.92 Å². The van der Waals surface area contributed by atoms with E-state index in [0.29, 0.717) is 18.9 Å². The predicted octanol–water partition coefficient (Wildman–Crippen LogP) is 5.12. The Morgan fingerprint density at radius 1 is 1.05 bits per heavy atom. The molecule has 4 atom stereocenters. The molecular formula is C28H33Cl3N2O6. The number of piperidine rings is 1. The van der Waals surface area contributed by atoms with Crippen molar-refractivity contribution in [2.45, 2.75) is 54.4 Å². The summed E-state index contributed by atoms with van der Waals surface area (Å²) in [6.45, 7) is 5.86. The average Bonchev–Trinajstić information content (AvgIpc) is 3.39. The molecule has 3 aliphatic rings. The van der Waals surface area contributed by atoms with E-state index in [1.54, 1.807) is 18.2 Å². The molecular weight excluding hydrogens is 567 g/mol. The molecule has 2 N–H and O–H groups in total. The van der Waals surface area contributed by atoms with Gasteiger partial charge in [0.05, 0.1) is 32.0 Å². The Bertz CT molecular complexity index is 1130. The zero-order chi connectivity index (χ0) is 27.6. The number of anilines is 1. The molecule has 0 radical (unpaired) electrons. The van der Waals surface area contributed by atoms with Crippen LogP contribution < -0.4 is 5.32 Å². The summed E-state index contributed by atoms with van der Waals surface area (Å²) in [4.78, 5) is 14.6. The number of carbonyl (C=O) groups excluding carboxylic acids is 1. The standard InChI is InChI=1S/C28H33Cl3N2O6/c1-18-23(16-33-11-9-27(10-12-33)36-13-14-37-27)38-25(39-24(18)20-7-5-19(17-34)6-8-20)21-3-2-4-22(15-21)32-26(35)28(29,30)31/h2-8,15,18,23-25,34H,9-14,16-17H2,1H3,(H,32,35). The number of likely N-dealkylation sites (tertiary alicyclic amines) is 1. The monoisotopic (exact) mass is 598 g/mol. The molecule has 1 amide bonds. The number of hydrogen-bond donors (Lipinski definition) is 2. The third kappa shape index (κ3) is 6.89. The molecule has 3 fully saturated rings. The summed E-state index contributed by atoms with van der Waals surface area (Å²) >= 11 is 17.2. The van der Waals surface area contributed by atoms with Crippen LogP contribution in [0.1, 0.15) is 48.8 Å². The second-order valence-corrected chi connectivity index (χ2v) is 12.6. The maximum atomic E-state index is 12.2. The van der Waals surface area contributed by atoms with Gasteiger partial charge >= 0.3 is 0 Å². The van der Waals surface area contributed by atoms with Gasteiger partial charge in [-0.3, -0.25) is 4.79 Å². The van der Waals surface area contributed by atoms with Crippen LogP contribution in [0.25, 0.3) is 0 Å². The molecule has 212 valence electrons. The lowest BCUT2D eigenvalue weighted by Crippen LogP contribution is -2.50. The van der Waals surface area contributed by atoms with Crippen LogP contribution in [0.4, 0.5) is 5.69 Å². The Balaban J connectivity index is 1.36. The summed E-state index contributed by atoms with van der Waals surface area (Å²) < 4.78 is 22.8. The predicted molar refractivity (Wildman–Crippen MR) is 149 cm³/mol. The summed E-state index contributed by atoms with van der Waals surface area (Å²) in [5.41, 5.74) is 3.04. The van der Waals surface area contributed by atoms with E-state index in [1.807, 2.05) is 30.3 Å². The van der Waals surface area contributed by atoms with Crippen LogP contribution in [0.2, 0.25) is 0 Å². The smallest absolute Gasteiger partial charge is 0.276 e. The van der Waals surface area contributed by atoms with Crippen molar-refractivity contribution in [3.63, 3.8) is 0 Å². The van der Waals surface area contributed by atoms with E-state index in [4.69, 9.17) is 53.8 Å². The lowest BCUT2D eigenvalue weighted by molar-refractivity contribution is -0.278. The van der Waals surface area contributed by atoms with Gasteiger partial charge < -0.3 is 34.3 Å². The van der Waals surface area contributed by atoms with Gasteiger partial charge in [-0.2, -0.15) is 0 Å². The fourth-order valence-corrected chi connectivity index (χ4v) is 5.55. The molecule has 39 heavy (non-hydrogen) atoms. The van der Waals surface area contributed by atoms with E-state index < -0.39 is 21.8 Å². The number of carbonyl (C=O) groups is 1. The number of rotatable bonds is 6. The van der Waals surface area contributed by atoms with Crippen molar-refractivity contribution in [3.05, 3.63) is 65.2 Å². The molecule has 4 unspecified atom stereocenters. The summed E-state index contributed by atoms with van der Waals surface area (Å²) in [5.74, 6) is -1.14. The van der Waals surface area contributed by atoms with Gasteiger partial charge in [0, 0.05) is 49.6 Å². The van der Waals surface area contributed by atoms with E-state index in [-0.39, 0.29) is 24.7 Å². The van der Waals surface area contributed by atoms with Gasteiger partial charge in [-0.1, -0.05) is 78.1 Å². The molecule has 0 aliphatic carbocycles. The second-order valence-electron chi connectivity index (χ2n) is 10.3. The fourth-order valence-electron chi connectivity index (χ4n) is 5.41. The minimum Gasteiger partial charge on any atom is -0.392 e. The first-order valence-corrected chi connectivity index (χ1v) is 14.3. The molecule has 0 aromatic heterocycles. The van der Waals surface area contributed by atoms with Gasteiger partial charge in [-0.15, -0.1) is 0 Å². The van der Waals surface area contributed by atoms with Gasteiger partial charge in [0.2, 0.25) is 0 Å². The van der Waals surface area contributed by atoms with E-state index in [0.717, 1.165) is 49.2 Å². The lowest BCUT2D eigenvalue weighted by atomic mass is 9.89. The maximum Gasteiger partial charge on any atom is 0.276 e. The quantitative estimate of drug-likeness (QED) is 0.446. The van der Waals surface area contributed by atoms with E-state index in [2.05, 4.69) is 17.1 Å². The highest BCUT2D eigenvalue weighted by atomic mass is 35.6. The van der Waals surface area contributed by atoms with Gasteiger partial charge in [0.25, 0.3) is 9.70 Å². The first kappa shape index (κ1) is 29.0. The number of ether oxygens (including phenoxy) is 4. The molecule has 8 nitrogen and oxygen atoms in total. The molecule has 0 bridgehead atoms. The molecule has 0 saturated carbocycles. The Kier molecular flexibility index (Phi) is 9.08. The zero-order valence-corrected chi connectivity index (χ0v) is 23.9. The highest BCUT2D eigenvalue weighted by Crippen LogP contribution is 2.43. The summed E-state index contributed by atoms with van der Waals surface area (Å²) in [6.07, 6.45) is 0.579. The van der Waals surface area contributed by atoms with Gasteiger partial charge in [0.1, 0.15) is 0 Å². The Labute approximate surface area is 243 Å². The van der Waals surface area contributed by atoms with Crippen molar-refractivity contribution in [1.82, 2.24) is 4.90 Å². The minimum atomic E-state index is -2.08. The number of halogens is 3. The van der Waals surface area contributed by atoms with E-state index >= 15 is 0 Å².